The maximum absolute atomic E-state index is 11.8. The molecule has 0 spiro atoms. The molecular weight excluding hydrogens is 252 g/mol. The van der Waals surface area contributed by atoms with E-state index >= 15 is 0 Å². The number of nitrogens with one attached hydrogen (secondary N) is 1. The minimum atomic E-state index is -3.51. The van der Waals surface area contributed by atoms with Crippen molar-refractivity contribution in [2.45, 2.75) is 25.9 Å². The fourth-order valence-electron chi connectivity index (χ4n) is 1.93. The molecule has 0 unspecified atom stereocenters. The molecule has 0 aliphatic carbocycles. The van der Waals surface area contributed by atoms with E-state index in [-0.39, 0.29) is 5.60 Å². The molecule has 0 fully saturated rings. The quantitative estimate of drug-likeness (QED) is 0.908. The van der Waals surface area contributed by atoms with Crippen LogP contribution < -0.4 is 9.46 Å². The third-order valence-electron chi connectivity index (χ3n) is 2.81. The summed E-state index contributed by atoms with van der Waals surface area (Å²) in [7, 11) is -0.542. The number of fused-ring (bicyclic) bond motifs is 1. The number of hydrogen-bond donors (Lipinski definition) is 1. The van der Waals surface area contributed by atoms with Crippen LogP contribution in [0, 0.1) is 0 Å². The van der Waals surface area contributed by atoms with E-state index in [0.29, 0.717) is 11.4 Å². The van der Waals surface area contributed by atoms with E-state index < -0.39 is 10.2 Å². The van der Waals surface area contributed by atoms with Crippen LogP contribution in [-0.2, 0) is 16.6 Å². The minimum absolute atomic E-state index is 0.290. The zero-order valence-corrected chi connectivity index (χ0v) is 11.8. The van der Waals surface area contributed by atoms with Gasteiger partial charge in [-0.05, 0) is 19.9 Å². The number of para-hydroxylation sites is 1. The maximum atomic E-state index is 11.8. The van der Waals surface area contributed by atoms with Crippen LogP contribution in [0.5, 0.6) is 5.75 Å². The highest BCUT2D eigenvalue weighted by atomic mass is 32.2. The molecule has 1 aliphatic rings. The van der Waals surface area contributed by atoms with Crippen LogP contribution >= 0.6 is 0 Å². The Morgan fingerprint density at radius 3 is 2.61 bits per heavy atom. The van der Waals surface area contributed by atoms with E-state index in [9.17, 15) is 8.42 Å². The van der Waals surface area contributed by atoms with Crippen molar-refractivity contribution in [3.63, 3.8) is 0 Å². The molecule has 100 valence electrons. The Morgan fingerprint density at radius 1 is 1.33 bits per heavy atom. The van der Waals surface area contributed by atoms with Crippen LogP contribution in [-0.4, -0.2) is 32.4 Å². The largest absolute Gasteiger partial charge is 0.485 e. The molecule has 2 rings (SSSR count). The zero-order chi connectivity index (χ0) is 13.6. The normalized spacial score (nSPS) is 17.4. The summed E-state index contributed by atoms with van der Waals surface area (Å²) < 4.78 is 33.1. The molecule has 1 N–H and O–H groups in total. The molecule has 0 bridgehead atoms. The summed E-state index contributed by atoms with van der Waals surface area (Å²) in [5.41, 5.74) is 1.23. The second-order valence-corrected chi connectivity index (χ2v) is 7.11. The van der Waals surface area contributed by atoms with E-state index in [2.05, 4.69) is 4.72 Å². The highest BCUT2D eigenvalue weighted by Gasteiger charge is 2.32. The van der Waals surface area contributed by atoms with E-state index in [1.165, 1.54) is 14.1 Å². The van der Waals surface area contributed by atoms with Crippen LogP contribution in [0.1, 0.15) is 19.4 Å². The molecule has 5 nitrogen and oxygen atoms in total. The van der Waals surface area contributed by atoms with Gasteiger partial charge in [0.25, 0.3) is 0 Å². The van der Waals surface area contributed by atoms with Crippen LogP contribution in [0.25, 0.3) is 0 Å². The van der Waals surface area contributed by atoms with E-state index in [1.807, 2.05) is 26.0 Å². The Hall–Kier alpha value is -1.27. The van der Waals surface area contributed by atoms with Gasteiger partial charge >= 0.3 is 10.2 Å². The van der Waals surface area contributed by atoms with Gasteiger partial charge in [-0.3, -0.25) is 4.72 Å². The van der Waals surface area contributed by atoms with Crippen molar-refractivity contribution in [1.82, 2.24) is 4.31 Å². The van der Waals surface area contributed by atoms with E-state index in [0.717, 1.165) is 16.3 Å². The number of hydrogen-bond acceptors (Lipinski definition) is 3. The summed E-state index contributed by atoms with van der Waals surface area (Å²) in [6.45, 7) is 3.97. The van der Waals surface area contributed by atoms with E-state index in [1.54, 1.807) is 6.07 Å². The lowest BCUT2D eigenvalue weighted by Crippen LogP contribution is -2.29. The van der Waals surface area contributed by atoms with Gasteiger partial charge in [0.05, 0.1) is 5.69 Å². The van der Waals surface area contributed by atoms with Crippen molar-refractivity contribution in [3.05, 3.63) is 23.8 Å². The Balaban J connectivity index is 2.36. The Kier molecular flexibility index (Phi) is 3.03. The molecule has 1 heterocycles. The van der Waals surface area contributed by atoms with Gasteiger partial charge in [-0.1, -0.05) is 12.1 Å². The molecular formula is C12H18N2O3S. The third kappa shape index (κ3) is 2.44. The lowest BCUT2D eigenvalue weighted by molar-refractivity contribution is 0.139. The number of ether oxygens (including phenoxy) is 1. The average Bonchev–Trinajstić information content (AvgIpc) is 2.52. The van der Waals surface area contributed by atoms with Gasteiger partial charge in [0, 0.05) is 26.1 Å². The van der Waals surface area contributed by atoms with Gasteiger partial charge in [0.1, 0.15) is 11.4 Å². The summed E-state index contributed by atoms with van der Waals surface area (Å²) in [5, 5.41) is 0. The van der Waals surface area contributed by atoms with E-state index in [4.69, 9.17) is 4.74 Å². The maximum Gasteiger partial charge on any atom is 0.301 e. The number of anilines is 1. The molecule has 0 saturated carbocycles. The highest BCUT2D eigenvalue weighted by Crippen LogP contribution is 2.40. The Morgan fingerprint density at radius 2 is 2.00 bits per heavy atom. The van der Waals surface area contributed by atoms with Crippen molar-refractivity contribution >= 4 is 15.9 Å². The molecule has 18 heavy (non-hydrogen) atoms. The van der Waals surface area contributed by atoms with Gasteiger partial charge in [-0.15, -0.1) is 0 Å². The minimum Gasteiger partial charge on any atom is -0.485 e. The fourth-order valence-corrected chi connectivity index (χ4v) is 2.55. The highest BCUT2D eigenvalue weighted by molar-refractivity contribution is 7.90. The van der Waals surface area contributed by atoms with Crippen LogP contribution in [0.15, 0.2) is 18.2 Å². The molecule has 1 aromatic carbocycles. The Bertz CT molecular complexity index is 565. The van der Waals surface area contributed by atoms with Crippen molar-refractivity contribution in [2.24, 2.45) is 0 Å². The molecule has 0 atom stereocenters. The molecule has 1 aliphatic heterocycles. The summed E-state index contributed by atoms with van der Waals surface area (Å²) >= 11 is 0. The first-order valence-electron chi connectivity index (χ1n) is 5.72. The van der Waals surface area contributed by atoms with Gasteiger partial charge in [-0.2, -0.15) is 12.7 Å². The monoisotopic (exact) mass is 270 g/mol. The summed E-state index contributed by atoms with van der Waals surface area (Å²) in [6, 6.07) is 5.50. The lowest BCUT2D eigenvalue weighted by atomic mass is 10.0. The van der Waals surface area contributed by atoms with Crippen molar-refractivity contribution in [2.75, 3.05) is 18.8 Å². The van der Waals surface area contributed by atoms with Crippen molar-refractivity contribution in [3.8, 4) is 5.75 Å². The standard InChI is InChI=1S/C12H18N2O3S/c1-12(2)8-9-6-5-7-10(11(9)17-12)13-18(15,16)14(3)4/h5-7,13H,8H2,1-4H3. The second-order valence-electron chi connectivity index (χ2n) is 5.22. The number of benzene rings is 1. The average molecular weight is 270 g/mol. The Labute approximate surface area is 108 Å². The number of nitrogens with zero attached hydrogens (tertiary/aromatic N) is 1. The molecule has 0 amide bonds. The van der Waals surface area contributed by atoms with Gasteiger partial charge in [0.2, 0.25) is 0 Å². The molecule has 0 saturated heterocycles. The van der Waals surface area contributed by atoms with Gasteiger partial charge in [0.15, 0.2) is 0 Å². The van der Waals surface area contributed by atoms with Crippen molar-refractivity contribution < 1.29 is 13.2 Å². The predicted molar refractivity (Wildman–Crippen MR) is 71.1 cm³/mol. The smallest absolute Gasteiger partial charge is 0.301 e. The predicted octanol–water partition coefficient (Wildman–Crippen LogP) is 1.62. The summed E-state index contributed by atoms with van der Waals surface area (Å²) in [4.78, 5) is 0. The fraction of sp³-hybridized carbons (Fsp3) is 0.500. The number of rotatable bonds is 3. The van der Waals surface area contributed by atoms with Crippen LogP contribution in [0.2, 0.25) is 0 Å². The molecule has 0 aromatic heterocycles. The summed E-state index contributed by atoms with van der Waals surface area (Å²) in [6.07, 6.45) is 0.778. The lowest BCUT2D eigenvalue weighted by Gasteiger charge is -2.19. The van der Waals surface area contributed by atoms with Crippen LogP contribution in [0.4, 0.5) is 5.69 Å². The summed E-state index contributed by atoms with van der Waals surface area (Å²) in [5.74, 6) is 0.632. The van der Waals surface area contributed by atoms with Crippen molar-refractivity contribution in [1.29, 1.82) is 0 Å². The molecule has 0 radical (unpaired) electrons. The van der Waals surface area contributed by atoms with Crippen LogP contribution in [0.3, 0.4) is 0 Å². The first kappa shape index (κ1) is 13.2. The van der Waals surface area contributed by atoms with Gasteiger partial charge < -0.3 is 4.74 Å². The SMILES string of the molecule is CN(C)S(=O)(=O)Nc1cccc2c1OC(C)(C)C2. The topological polar surface area (TPSA) is 58.6 Å². The first-order valence-corrected chi connectivity index (χ1v) is 7.16. The third-order valence-corrected chi connectivity index (χ3v) is 4.25. The molecule has 1 aromatic rings. The second kappa shape index (κ2) is 4.13. The van der Waals surface area contributed by atoms with Gasteiger partial charge in [-0.25, -0.2) is 0 Å². The molecule has 6 heteroatoms. The first-order chi connectivity index (χ1) is 8.21. The zero-order valence-electron chi connectivity index (χ0n) is 11.0.